The van der Waals surface area contributed by atoms with Gasteiger partial charge >= 0.3 is 0 Å². The number of hydrogen-bond donors (Lipinski definition) is 1. The van der Waals surface area contributed by atoms with E-state index in [1.165, 1.54) is 5.56 Å². The molecule has 2 atom stereocenters. The van der Waals surface area contributed by atoms with Crippen molar-refractivity contribution in [2.45, 2.75) is 25.5 Å². The molecule has 94 valence electrons. The smallest absolute Gasteiger partial charge is 0.119 e. The van der Waals surface area contributed by atoms with Crippen LogP contribution in [0.15, 0.2) is 30.6 Å². The number of aryl methyl sites for hydroxylation is 1. The molecule has 0 fully saturated rings. The summed E-state index contributed by atoms with van der Waals surface area (Å²) in [4.78, 5) is 0. The van der Waals surface area contributed by atoms with Gasteiger partial charge in [-0.1, -0.05) is 6.07 Å². The van der Waals surface area contributed by atoms with Gasteiger partial charge < -0.3 is 9.84 Å². The second kappa shape index (κ2) is 4.14. The van der Waals surface area contributed by atoms with Gasteiger partial charge in [-0.25, -0.2) is 0 Å². The molecule has 0 saturated carbocycles. The number of ether oxygens (including phenoxy) is 1. The van der Waals surface area contributed by atoms with Crippen LogP contribution in [0.4, 0.5) is 0 Å². The van der Waals surface area contributed by atoms with Crippen LogP contribution in [-0.4, -0.2) is 22.0 Å². The van der Waals surface area contributed by atoms with Crippen LogP contribution >= 0.6 is 0 Å². The van der Waals surface area contributed by atoms with E-state index in [1.54, 1.807) is 7.11 Å². The van der Waals surface area contributed by atoms with Crippen molar-refractivity contribution in [3.8, 4) is 5.75 Å². The number of hydrogen-bond acceptors (Lipinski definition) is 3. The van der Waals surface area contributed by atoms with Gasteiger partial charge in [-0.15, -0.1) is 0 Å². The third kappa shape index (κ3) is 1.69. The molecule has 18 heavy (non-hydrogen) atoms. The van der Waals surface area contributed by atoms with Crippen LogP contribution in [0, 0.1) is 6.92 Å². The fraction of sp³-hybridized carbons (Fsp3) is 0.357. The highest BCUT2D eigenvalue weighted by Gasteiger charge is 2.32. The van der Waals surface area contributed by atoms with Gasteiger partial charge in [0.15, 0.2) is 0 Å². The molecule has 2 aromatic rings. The van der Waals surface area contributed by atoms with Crippen molar-refractivity contribution in [1.29, 1.82) is 0 Å². The molecule has 1 aliphatic rings. The Kier molecular flexibility index (Phi) is 2.59. The highest BCUT2D eigenvalue weighted by atomic mass is 16.5. The molecule has 4 heteroatoms. The molecular weight excluding hydrogens is 228 g/mol. The van der Waals surface area contributed by atoms with E-state index in [0.29, 0.717) is 0 Å². The molecule has 4 nitrogen and oxygen atoms in total. The van der Waals surface area contributed by atoms with Crippen LogP contribution in [0.2, 0.25) is 0 Å². The minimum Gasteiger partial charge on any atom is -0.497 e. The van der Waals surface area contributed by atoms with Gasteiger partial charge in [-0.3, -0.25) is 4.68 Å². The molecule has 0 amide bonds. The quantitative estimate of drug-likeness (QED) is 0.879. The van der Waals surface area contributed by atoms with Crippen molar-refractivity contribution in [3.05, 3.63) is 47.3 Å². The highest BCUT2D eigenvalue weighted by Crippen LogP contribution is 2.40. The van der Waals surface area contributed by atoms with Gasteiger partial charge in [-0.05, 0) is 42.2 Å². The first-order chi connectivity index (χ1) is 8.69. The molecule has 1 N–H and O–H groups in total. The monoisotopic (exact) mass is 244 g/mol. The standard InChI is InChI=1S/C14H16N2O2/c1-9-7-15-16(8-9)13-5-10-3-4-11(18-2)6-12(10)14(13)17/h3-4,6-8,13-14,17H,5H2,1-2H3. The SMILES string of the molecule is COc1ccc2c(c1)C(O)C(n1cc(C)cn1)C2. The van der Waals surface area contributed by atoms with E-state index in [9.17, 15) is 5.11 Å². The fourth-order valence-corrected chi connectivity index (χ4v) is 2.56. The van der Waals surface area contributed by atoms with Crippen LogP contribution < -0.4 is 4.74 Å². The Balaban J connectivity index is 1.96. The van der Waals surface area contributed by atoms with Gasteiger partial charge in [0, 0.05) is 6.20 Å². The van der Waals surface area contributed by atoms with Crippen LogP contribution in [0.1, 0.15) is 28.8 Å². The number of nitrogens with zero attached hydrogens (tertiary/aromatic N) is 2. The van der Waals surface area contributed by atoms with E-state index < -0.39 is 6.10 Å². The molecule has 1 heterocycles. The molecule has 0 aliphatic heterocycles. The Morgan fingerprint density at radius 1 is 1.44 bits per heavy atom. The zero-order chi connectivity index (χ0) is 12.7. The maximum Gasteiger partial charge on any atom is 0.119 e. The van der Waals surface area contributed by atoms with Gasteiger partial charge in [0.1, 0.15) is 11.9 Å². The highest BCUT2D eigenvalue weighted by molar-refractivity contribution is 5.41. The van der Waals surface area contributed by atoms with Crippen LogP contribution in [0.5, 0.6) is 5.75 Å². The summed E-state index contributed by atoms with van der Waals surface area (Å²) in [5, 5.41) is 14.7. The average Bonchev–Trinajstić information content (AvgIpc) is 2.94. The Bertz CT molecular complexity index is 577. The zero-order valence-electron chi connectivity index (χ0n) is 10.5. The van der Waals surface area contributed by atoms with Crippen molar-refractivity contribution in [3.63, 3.8) is 0 Å². The summed E-state index contributed by atoms with van der Waals surface area (Å²) < 4.78 is 7.05. The second-order valence-corrected chi connectivity index (χ2v) is 4.78. The number of rotatable bonds is 2. The first kappa shape index (κ1) is 11.3. The summed E-state index contributed by atoms with van der Waals surface area (Å²) in [5.74, 6) is 0.782. The van der Waals surface area contributed by atoms with Crippen molar-refractivity contribution in [1.82, 2.24) is 9.78 Å². The lowest BCUT2D eigenvalue weighted by Gasteiger charge is -2.15. The number of aromatic nitrogens is 2. The Morgan fingerprint density at radius 2 is 2.28 bits per heavy atom. The second-order valence-electron chi connectivity index (χ2n) is 4.78. The lowest BCUT2D eigenvalue weighted by atomic mass is 10.1. The summed E-state index contributed by atoms with van der Waals surface area (Å²) in [6, 6.07) is 5.85. The van der Waals surface area contributed by atoms with Crippen molar-refractivity contribution >= 4 is 0 Å². The molecule has 1 aromatic carbocycles. The molecule has 3 rings (SSSR count). The van der Waals surface area contributed by atoms with E-state index in [2.05, 4.69) is 5.10 Å². The summed E-state index contributed by atoms with van der Waals surface area (Å²) in [6.07, 6.45) is 4.07. The average molecular weight is 244 g/mol. The summed E-state index contributed by atoms with van der Waals surface area (Å²) in [6.45, 7) is 2.00. The maximum atomic E-state index is 10.4. The third-order valence-corrected chi connectivity index (χ3v) is 3.54. The van der Waals surface area contributed by atoms with Gasteiger partial charge in [0.25, 0.3) is 0 Å². The lowest BCUT2D eigenvalue weighted by Crippen LogP contribution is -2.14. The molecular formula is C14H16N2O2. The number of methoxy groups -OCH3 is 1. The third-order valence-electron chi connectivity index (χ3n) is 3.54. The minimum atomic E-state index is -0.519. The van der Waals surface area contributed by atoms with E-state index in [1.807, 2.05) is 42.2 Å². The molecule has 1 aromatic heterocycles. The zero-order valence-corrected chi connectivity index (χ0v) is 10.5. The van der Waals surface area contributed by atoms with E-state index in [0.717, 1.165) is 23.3 Å². The number of aliphatic hydroxyl groups is 1. The number of benzene rings is 1. The number of aliphatic hydroxyl groups excluding tert-OH is 1. The van der Waals surface area contributed by atoms with Crippen molar-refractivity contribution < 1.29 is 9.84 Å². The van der Waals surface area contributed by atoms with Crippen LogP contribution in [0.25, 0.3) is 0 Å². The summed E-state index contributed by atoms with van der Waals surface area (Å²) in [5.41, 5.74) is 3.23. The predicted octanol–water partition coefficient (Wildman–Crippen LogP) is 2.03. The van der Waals surface area contributed by atoms with Crippen molar-refractivity contribution in [2.24, 2.45) is 0 Å². The summed E-state index contributed by atoms with van der Waals surface area (Å²) >= 11 is 0. The number of fused-ring (bicyclic) bond motifs is 1. The Morgan fingerprint density at radius 3 is 2.94 bits per heavy atom. The van der Waals surface area contributed by atoms with Crippen LogP contribution in [-0.2, 0) is 6.42 Å². The normalized spacial score (nSPS) is 21.9. The summed E-state index contributed by atoms with van der Waals surface area (Å²) in [7, 11) is 1.64. The van der Waals surface area contributed by atoms with Gasteiger partial charge in [0.05, 0.1) is 19.3 Å². The Hall–Kier alpha value is -1.81. The maximum absolute atomic E-state index is 10.4. The van der Waals surface area contributed by atoms with Crippen LogP contribution in [0.3, 0.4) is 0 Å². The molecule has 0 radical (unpaired) electrons. The molecule has 1 aliphatic carbocycles. The molecule has 0 spiro atoms. The van der Waals surface area contributed by atoms with Gasteiger partial charge in [0.2, 0.25) is 0 Å². The largest absolute Gasteiger partial charge is 0.497 e. The van der Waals surface area contributed by atoms with Gasteiger partial charge in [-0.2, -0.15) is 5.10 Å². The van der Waals surface area contributed by atoms with E-state index >= 15 is 0 Å². The minimum absolute atomic E-state index is 0.0131. The van der Waals surface area contributed by atoms with E-state index in [4.69, 9.17) is 4.74 Å². The first-order valence-electron chi connectivity index (χ1n) is 6.04. The topological polar surface area (TPSA) is 47.3 Å². The van der Waals surface area contributed by atoms with Crippen molar-refractivity contribution in [2.75, 3.05) is 7.11 Å². The first-order valence-corrected chi connectivity index (χ1v) is 6.04. The predicted molar refractivity (Wildman–Crippen MR) is 67.7 cm³/mol. The molecule has 2 unspecified atom stereocenters. The molecule has 0 bridgehead atoms. The van der Waals surface area contributed by atoms with E-state index in [-0.39, 0.29) is 6.04 Å². The lowest BCUT2D eigenvalue weighted by molar-refractivity contribution is 0.121. The molecule has 0 saturated heterocycles. The fourth-order valence-electron chi connectivity index (χ4n) is 2.56. The Labute approximate surface area is 106 Å².